The molecule has 0 spiro atoms. The number of benzene rings is 3. The second-order valence-electron chi connectivity index (χ2n) is 3.73. The van der Waals surface area contributed by atoms with Gasteiger partial charge >= 0.3 is 0 Å². The number of thiol groups is 1. The SMILES string of the molecule is N.Sc1ccc2cc3ccccc3cc2c1. The van der Waals surface area contributed by atoms with Gasteiger partial charge in [0, 0.05) is 4.90 Å². The fraction of sp³-hybridized carbons (Fsp3) is 0. The molecule has 0 aromatic heterocycles. The molecule has 0 saturated heterocycles. The van der Waals surface area contributed by atoms with Crippen molar-refractivity contribution < 1.29 is 0 Å². The smallest absolute Gasteiger partial charge is 0.00463 e. The highest BCUT2D eigenvalue weighted by Crippen LogP contribution is 2.24. The number of fused-ring (bicyclic) bond motifs is 2. The average molecular weight is 227 g/mol. The minimum absolute atomic E-state index is 0. The van der Waals surface area contributed by atoms with Gasteiger partial charge in [-0.15, -0.1) is 12.6 Å². The van der Waals surface area contributed by atoms with Crippen LogP contribution in [0.4, 0.5) is 0 Å². The summed E-state index contributed by atoms with van der Waals surface area (Å²) in [7, 11) is 0. The van der Waals surface area contributed by atoms with Gasteiger partial charge in [0.25, 0.3) is 0 Å². The van der Waals surface area contributed by atoms with Crippen LogP contribution in [-0.4, -0.2) is 0 Å². The van der Waals surface area contributed by atoms with Crippen molar-refractivity contribution in [2.24, 2.45) is 0 Å². The van der Waals surface area contributed by atoms with Crippen LogP contribution in [-0.2, 0) is 0 Å². The van der Waals surface area contributed by atoms with Gasteiger partial charge < -0.3 is 6.15 Å². The van der Waals surface area contributed by atoms with E-state index >= 15 is 0 Å². The molecule has 0 heterocycles. The van der Waals surface area contributed by atoms with E-state index in [4.69, 9.17) is 0 Å². The second-order valence-corrected chi connectivity index (χ2v) is 4.25. The highest BCUT2D eigenvalue weighted by molar-refractivity contribution is 7.80. The van der Waals surface area contributed by atoms with Gasteiger partial charge in [0.1, 0.15) is 0 Å². The van der Waals surface area contributed by atoms with Crippen LogP contribution >= 0.6 is 12.6 Å². The van der Waals surface area contributed by atoms with Crippen molar-refractivity contribution in [1.82, 2.24) is 6.15 Å². The van der Waals surface area contributed by atoms with Gasteiger partial charge in [0.05, 0.1) is 0 Å². The molecule has 0 radical (unpaired) electrons. The highest BCUT2D eigenvalue weighted by Gasteiger charge is 1.97. The fourth-order valence-electron chi connectivity index (χ4n) is 1.93. The predicted octanol–water partition coefficient (Wildman–Crippen LogP) is 4.44. The molecule has 0 aliphatic carbocycles. The van der Waals surface area contributed by atoms with Crippen LogP contribution in [0.15, 0.2) is 59.5 Å². The molecule has 0 saturated carbocycles. The van der Waals surface area contributed by atoms with Crippen LogP contribution in [0, 0.1) is 0 Å². The molecule has 0 fully saturated rings. The molecule has 0 amide bonds. The first-order chi connectivity index (χ1) is 7.33. The Hall–Kier alpha value is -1.51. The number of rotatable bonds is 0. The molecule has 0 bridgehead atoms. The normalized spacial score (nSPS) is 10.3. The van der Waals surface area contributed by atoms with Crippen molar-refractivity contribution in [3.63, 3.8) is 0 Å². The average Bonchev–Trinajstić information content (AvgIpc) is 2.26. The van der Waals surface area contributed by atoms with Gasteiger partial charge in [0.2, 0.25) is 0 Å². The molecular weight excluding hydrogens is 214 g/mol. The van der Waals surface area contributed by atoms with Crippen LogP contribution in [0.1, 0.15) is 0 Å². The van der Waals surface area contributed by atoms with Crippen molar-refractivity contribution >= 4 is 34.2 Å². The van der Waals surface area contributed by atoms with E-state index in [1.165, 1.54) is 21.5 Å². The maximum absolute atomic E-state index is 4.35. The third-order valence-corrected chi connectivity index (χ3v) is 2.97. The first-order valence-electron chi connectivity index (χ1n) is 4.94. The van der Waals surface area contributed by atoms with Gasteiger partial charge in [-0.1, -0.05) is 30.3 Å². The van der Waals surface area contributed by atoms with E-state index in [-0.39, 0.29) is 6.15 Å². The first-order valence-corrected chi connectivity index (χ1v) is 5.39. The third-order valence-electron chi connectivity index (χ3n) is 2.69. The summed E-state index contributed by atoms with van der Waals surface area (Å²) >= 11 is 4.35. The van der Waals surface area contributed by atoms with Crippen molar-refractivity contribution in [1.29, 1.82) is 0 Å². The van der Waals surface area contributed by atoms with E-state index in [0.29, 0.717) is 0 Å². The van der Waals surface area contributed by atoms with Crippen molar-refractivity contribution in [2.45, 2.75) is 4.90 Å². The Morgan fingerprint density at radius 2 is 1.19 bits per heavy atom. The monoisotopic (exact) mass is 227 g/mol. The topological polar surface area (TPSA) is 35.0 Å². The minimum atomic E-state index is 0. The van der Waals surface area contributed by atoms with E-state index in [1.54, 1.807) is 0 Å². The lowest BCUT2D eigenvalue weighted by molar-refractivity contribution is 1.53. The van der Waals surface area contributed by atoms with Gasteiger partial charge in [-0.05, 0) is 45.8 Å². The molecule has 3 N–H and O–H groups in total. The molecule has 0 unspecified atom stereocenters. The largest absolute Gasteiger partial charge is 0.344 e. The summed E-state index contributed by atoms with van der Waals surface area (Å²) in [5, 5.41) is 5.09. The van der Waals surface area contributed by atoms with Crippen LogP contribution in [0.2, 0.25) is 0 Å². The van der Waals surface area contributed by atoms with Gasteiger partial charge in [0.15, 0.2) is 0 Å². The second kappa shape index (κ2) is 4.16. The maximum Gasteiger partial charge on any atom is 0.00463 e. The van der Waals surface area contributed by atoms with Crippen LogP contribution in [0.5, 0.6) is 0 Å². The van der Waals surface area contributed by atoms with E-state index in [2.05, 4.69) is 61.2 Å². The first kappa shape index (κ1) is 11.0. The molecule has 16 heavy (non-hydrogen) atoms. The zero-order valence-corrected chi connectivity index (χ0v) is 9.74. The Morgan fingerprint density at radius 3 is 1.88 bits per heavy atom. The van der Waals surface area contributed by atoms with E-state index in [9.17, 15) is 0 Å². The van der Waals surface area contributed by atoms with Gasteiger partial charge in [-0.2, -0.15) is 0 Å². The minimum Gasteiger partial charge on any atom is -0.344 e. The molecule has 2 heteroatoms. The number of hydrogen-bond donors (Lipinski definition) is 2. The summed E-state index contributed by atoms with van der Waals surface area (Å²) in [6.45, 7) is 0. The molecule has 3 aromatic rings. The molecule has 3 rings (SSSR count). The van der Waals surface area contributed by atoms with E-state index < -0.39 is 0 Å². The Morgan fingerprint density at radius 1 is 0.625 bits per heavy atom. The zero-order valence-electron chi connectivity index (χ0n) is 8.85. The zero-order chi connectivity index (χ0) is 10.3. The summed E-state index contributed by atoms with van der Waals surface area (Å²) in [5.74, 6) is 0. The fourth-order valence-corrected chi connectivity index (χ4v) is 2.14. The summed E-state index contributed by atoms with van der Waals surface area (Å²) in [5.41, 5.74) is 0. The quantitative estimate of drug-likeness (QED) is 0.432. The van der Waals surface area contributed by atoms with Crippen molar-refractivity contribution in [3.8, 4) is 0 Å². The van der Waals surface area contributed by atoms with Crippen LogP contribution < -0.4 is 6.15 Å². The van der Waals surface area contributed by atoms with E-state index in [1.807, 2.05) is 6.07 Å². The molecular formula is C14H13NS. The molecule has 3 aromatic carbocycles. The lowest BCUT2D eigenvalue weighted by Crippen LogP contribution is -1.76. The maximum atomic E-state index is 4.35. The lowest BCUT2D eigenvalue weighted by Gasteiger charge is -2.02. The number of hydrogen-bond acceptors (Lipinski definition) is 2. The highest BCUT2D eigenvalue weighted by atomic mass is 32.1. The summed E-state index contributed by atoms with van der Waals surface area (Å²) in [4.78, 5) is 1.01. The van der Waals surface area contributed by atoms with Gasteiger partial charge in [-0.3, -0.25) is 0 Å². The lowest BCUT2D eigenvalue weighted by atomic mass is 10.0. The predicted molar refractivity (Wildman–Crippen MR) is 73.7 cm³/mol. The summed E-state index contributed by atoms with van der Waals surface area (Å²) < 4.78 is 0. The van der Waals surface area contributed by atoms with Crippen molar-refractivity contribution in [2.75, 3.05) is 0 Å². The summed E-state index contributed by atoms with van der Waals surface area (Å²) in [6, 6.07) is 19.1. The standard InChI is InChI=1S/C14H10S.H3N/c15-14-6-5-12-7-10-3-1-2-4-11(10)8-13(12)9-14;/h1-9,15H;1H3. The van der Waals surface area contributed by atoms with Crippen molar-refractivity contribution in [3.05, 3.63) is 54.6 Å². The Bertz CT molecular complexity index is 646. The van der Waals surface area contributed by atoms with E-state index in [0.717, 1.165) is 4.90 Å². The Labute approximate surface area is 100 Å². The molecule has 80 valence electrons. The van der Waals surface area contributed by atoms with Crippen LogP contribution in [0.3, 0.4) is 0 Å². The molecule has 0 atom stereocenters. The Kier molecular flexibility index (Phi) is 2.86. The summed E-state index contributed by atoms with van der Waals surface area (Å²) in [6.07, 6.45) is 0. The molecule has 0 aliphatic rings. The molecule has 1 nitrogen and oxygen atoms in total. The van der Waals surface area contributed by atoms with Crippen LogP contribution in [0.25, 0.3) is 21.5 Å². The van der Waals surface area contributed by atoms with Gasteiger partial charge in [-0.25, -0.2) is 0 Å². The molecule has 0 aliphatic heterocycles. The Balaban J connectivity index is 0.000000963. The third kappa shape index (κ3) is 1.77.